The van der Waals surface area contributed by atoms with E-state index in [-0.39, 0.29) is 4.75 Å². The van der Waals surface area contributed by atoms with Gasteiger partial charge in [0.15, 0.2) is 12.2 Å². The zero-order valence-corrected chi connectivity index (χ0v) is 8.67. The molecule has 13 heavy (non-hydrogen) atoms. The summed E-state index contributed by atoms with van der Waals surface area (Å²) in [5.74, 6) is 0.512. The molecule has 0 saturated heterocycles. The van der Waals surface area contributed by atoms with Gasteiger partial charge >= 0.3 is 0 Å². The molecule has 0 aromatic carbocycles. The summed E-state index contributed by atoms with van der Waals surface area (Å²) in [7, 11) is -1.24. The average molecular weight is 200 g/mol. The fourth-order valence-corrected chi connectivity index (χ4v) is 1.06. The van der Waals surface area contributed by atoms with Crippen molar-refractivity contribution in [2.45, 2.75) is 25.5 Å². The maximum Gasteiger partial charge on any atom is 0.181 e. The second-order valence-corrected chi connectivity index (χ2v) is 5.43. The first-order valence-electron chi connectivity index (χ1n) is 3.85. The van der Waals surface area contributed by atoms with Crippen molar-refractivity contribution in [2.75, 3.05) is 0 Å². The van der Waals surface area contributed by atoms with Crippen molar-refractivity contribution in [3.63, 3.8) is 0 Å². The van der Waals surface area contributed by atoms with Crippen LogP contribution in [-0.4, -0.2) is 20.2 Å². The first-order valence-corrected chi connectivity index (χ1v) is 4.95. The molecule has 72 valence electrons. The second-order valence-electron chi connectivity index (χ2n) is 3.50. The van der Waals surface area contributed by atoms with Crippen molar-refractivity contribution < 1.29 is 8.63 Å². The van der Waals surface area contributed by atoms with Crippen LogP contribution in [-0.2, 0) is 11.0 Å². The number of hydrogen-bond acceptors (Lipinski definition) is 3. The topological polar surface area (TPSA) is 55.5 Å². The minimum absolute atomic E-state index is 0.337. The molecule has 1 aromatic heterocycles. The molecule has 1 heterocycles. The summed E-state index contributed by atoms with van der Waals surface area (Å²) in [6.07, 6.45) is 4.25. The van der Waals surface area contributed by atoms with Crippen LogP contribution in [0.1, 0.15) is 26.5 Å². The molecule has 0 fully saturated rings. The van der Waals surface area contributed by atoms with Gasteiger partial charge in [0.05, 0.1) is 17.2 Å². The predicted octanol–water partition coefficient (Wildman–Crippen LogP) is 1.56. The van der Waals surface area contributed by atoms with Gasteiger partial charge in [0.2, 0.25) is 0 Å². The molecule has 0 N–H and O–H groups in total. The molecule has 5 heteroatoms. The molecular weight excluding hydrogens is 188 g/mol. The van der Waals surface area contributed by atoms with Crippen LogP contribution >= 0.6 is 0 Å². The largest absolute Gasteiger partial charge is 0.442 e. The van der Waals surface area contributed by atoms with E-state index >= 15 is 0 Å². The zero-order chi connectivity index (χ0) is 9.90. The summed E-state index contributed by atoms with van der Waals surface area (Å²) in [6, 6.07) is 0. The molecule has 0 aliphatic heterocycles. The lowest BCUT2D eigenvalue weighted by molar-refractivity contribution is 0.551. The van der Waals surface area contributed by atoms with Crippen LogP contribution in [0.3, 0.4) is 0 Å². The van der Waals surface area contributed by atoms with Gasteiger partial charge in [-0.25, -0.2) is 9.19 Å². The molecule has 4 nitrogen and oxygen atoms in total. The van der Waals surface area contributed by atoms with Crippen LogP contribution in [0.5, 0.6) is 0 Å². The van der Waals surface area contributed by atoms with E-state index < -0.39 is 11.0 Å². The molecule has 0 saturated carbocycles. The van der Waals surface area contributed by atoms with Gasteiger partial charge in [0.1, 0.15) is 11.0 Å². The van der Waals surface area contributed by atoms with Gasteiger partial charge in [-0.15, -0.1) is 0 Å². The van der Waals surface area contributed by atoms with E-state index in [1.807, 2.05) is 20.8 Å². The van der Waals surface area contributed by atoms with Gasteiger partial charge < -0.3 is 4.42 Å². The third kappa shape index (κ3) is 3.10. The smallest absolute Gasteiger partial charge is 0.181 e. The van der Waals surface area contributed by atoms with Crippen molar-refractivity contribution in [3.8, 4) is 0 Å². The Bertz CT molecular complexity index is 311. The first-order chi connectivity index (χ1) is 6.00. The molecule has 0 aliphatic rings. The molecule has 0 unspecified atom stereocenters. The minimum Gasteiger partial charge on any atom is -0.442 e. The quantitative estimate of drug-likeness (QED) is 0.681. The highest BCUT2D eigenvalue weighted by Crippen LogP contribution is 2.11. The third-order valence-corrected chi connectivity index (χ3v) is 2.60. The molecular formula is C8H12N2O2S. The van der Waals surface area contributed by atoms with Crippen LogP contribution in [0.2, 0.25) is 0 Å². The normalized spacial score (nSPS) is 15.0. The van der Waals surface area contributed by atoms with Crippen molar-refractivity contribution in [2.24, 2.45) is 4.40 Å². The van der Waals surface area contributed by atoms with E-state index in [1.54, 1.807) is 0 Å². The fraction of sp³-hybridized carbons (Fsp3) is 0.500. The highest BCUT2D eigenvalue weighted by molar-refractivity contribution is 7.85. The number of nitrogens with zero attached hydrogens (tertiary/aromatic N) is 2. The van der Waals surface area contributed by atoms with Crippen LogP contribution in [0.15, 0.2) is 21.4 Å². The molecule has 0 spiro atoms. The monoisotopic (exact) mass is 200 g/mol. The van der Waals surface area contributed by atoms with E-state index in [0.29, 0.717) is 5.76 Å². The molecule has 0 amide bonds. The van der Waals surface area contributed by atoms with Gasteiger partial charge in [-0.1, -0.05) is 0 Å². The zero-order valence-electron chi connectivity index (χ0n) is 7.85. The Balaban J connectivity index is 2.65. The van der Waals surface area contributed by atoms with Crippen LogP contribution in [0.25, 0.3) is 0 Å². The van der Waals surface area contributed by atoms with E-state index in [2.05, 4.69) is 9.38 Å². The highest BCUT2D eigenvalue weighted by atomic mass is 32.2. The van der Waals surface area contributed by atoms with Gasteiger partial charge in [-0.05, 0) is 20.8 Å². The van der Waals surface area contributed by atoms with Gasteiger partial charge in [-0.2, -0.15) is 4.40 Å². The number of hydrogen-bond donors (Lipinski definition) is 0. The summed E-state index contributed by atoms with van der Waals surface area (Å²) in [5.41, 5.74) is 0. The molecule has 0 bridgehead atoms. The van der Waals surface area contributed by atoms with Crippen LogP contribution in [0, 0.1) is 0 Å². The van der Waals surface area contributed by atoms with Crippen LogP contribution in [0.4, 0.5) is 0 Å². The van der Waals surface area contributed by atoms with E-state index in [0.717, 1.165) is 0 Å². The van der Waals surface area contributed by atoms with E-state index in [9.17, 15) is 4.21 Å². The first kappa shape index (κ1) is 10.1. The SMILES string of the molecule is CC(C)(C)[S@](=O)N=Cc1cnco1. The van der Waals surface area contributed by atoms with E-state index in [1.165, 1.54) is 18.8 Å². The summed E-state index contributed by atoms with van der Waals surface area (Å²) in [5, 5.41) is 0. The Morgan fingerprint density at radius 1 is 1.62 bits per heavy atom. The molecule has 1 aromatic rings. The minimum atomic E-state index is -1.24. The van der Waals surface area contributed by atoms with Crippen molar-refractivity contribution >= 4 is 17.2 Å². The fourth-order valence-electron chi connectivity index (χ4n) is 0.547. The summed E-state index contributed by atoms with van der Waals surface area (Å²) in [6.45, 7) is 5.59. The number of rotatable bonds is 2. The van der Waals surface area contributed by atoms with Gasteiger partial charge in [-0.3, -0.25) is 0 Å². The average Bonchev–Trinajstić information content (AvgIpc) is 2.50. The molecule has 0 aliphatic carbocycles. The maximum atomic E-state index is 11.4. The highest BCUT2D eigenvalue weighted by Gasteiger charge is 2.18. The van der Waals surface area contributed by atoms with Crippen molar-refractivity contribution in [1.29, 1.82) is 0 Å². The van der Waals surface area contributed by atoms with Gasteiger partial charge in [0, 0.05) is 0 Å². The van der Waals surface area contributed by atoms with E-state index in [4.69, 9.17) is 4.42 Å². The van der Waals surface area contributed by atoms with Crippen molar-refractivity contribution in [1.82, 2.24) is 4.98 Å². The Hall–Kier alpha value is -0.970. The van der Waals surface area contributed by atoms with Crippen molar-refractivity contribution in [3.05, 3.63) is 18.4 Å². The summed E-state index contributed by atoms with van der Waals surface area (Å²) >= 11 is 0. The predicted molar refractivity (Wildman–Crippen MR) is 52.0 cm³/mol. The Morgan fingerprint density at radius 3 is 2.77 bits per heavy atom. The lowest BCUT2D eigenvalue weighted by atomic mass is 10.3. The van der Waals surface area contributed by atoms with Gasteiger partial charge in [0.25, 0.3) is 0 Å². The Kier molecular flexibility index (Phi) is 2.98. The van der Waals surface area contributed by atoms with Crippen LogP contribution < -0.4 is 0 Å². The molecule has 0 radical (unpaired) electrons. The lowest BCUT2D eigenvalue weighted by Gasteiger charge is -2.12. The standard InChI is InChI=1S/C8H12N2O2S/c1-8(2,3)13(11)10-5-7-4-9-6-12-7/h4-6H,1-3H3/t13-/m0/s1. The summed E-state index contributed by atoms with van der Waals surface area (Å²) in [4.78, 5) is 3.71. The second kappa shape index (κ2) is 3.83. The number of aromatic nitrogens is 1. The molecule has 1 atom stereocenters. The number of oxazole rings is 1. The lowest BCUT2D eigenvalue weighted by Crippen LogP contribution is -2.19. The Morgan fingerprint density at radius 2 is 2.31 bits per heavy atom. The summed E-state index contributed by atoms with van der Waals surface area (Å²) < 4.78 is 19.8. The third-order valence-electron chi connectivity index (χ3n) is 1.25. The molecule has 1 rings (SSSR count). The Labute approximate surface area is 79.7 Å². The maximum absolute atomic E-state index is 11.4.